The number of nitrogens with zero attached hydrogens (tertiary/aromatic N) is 3. The standard InChI is InChI=1S/C22H27N3O/c1-18-5-7-20(8-6-18)21(26)24-14-10-22(11-15-24)9-3-13-25(22)17-19-4-2-12-23-16-19/h2,4-8,12,16H,3,9-11,13-15,17H2,1H3. The molecule has 26 heavy (non-hydrogen) atoms. The lowest BCUT2D eigenvalue weighted by Crippen LogP contribution is -2.52. The quantitative estimate of drug-likeness (QED) is 0.848. The molecule has 2 aromatic rings. The van der Waals surface area contributed by atoms with E-state index in [0.717, 1.165) is 44.6 Å². The average Bonchev–Trinajstić information content (AvgIpc) is 3.05. The normalized spacial score (nSPS) is 19.8. The van der Waals surface area contributed by atoms with Crippen molar-refractivity contribution in [3.63, 3.8) is 0 Å². The van der Waals surface area contributed by atoms with Crippen molar-refractivity contribution >= 4 is 5.91 Å². The third-order valence-corrected chi connectivity index (χ3v) is 6.12. The smallest absolute Gasteiger partial charge is 0.253 e. The Morgan fingerprint density at radius 3 is 2.54 bits per heavy atom. The molecule has 4 heteroatoms. The van der Waals surface area contributed by atoms with Crippen LogP contribution in [0.4, 0.5) is 0 Å². The minimum Gasteiger partial charge on any atom is -0.339 e. The summed E-state index contributed by atoms with van der Waals surface area (Å²) in [5.74, 6) is 0.177. The van der Waals surface area contributed by atoms with Crippen LogP contribution in [0.1, 0.15) is 47.2 Å². The lowest BCUT2D eigenvalue weighted by molar-refractivity contribution is 0.0383. The molecule has 0 radical (unpaired) electrons. The molecular weight excluding hydrogens is 322 g/mol. The highest BCUT2D eigenvalue weighted by molar-refractivity contribution is 5.94. The molecule has 0 unspecified atom stereocenters. The zero-order valence-corrected chi connectivity index (χ0v) is 15.5. The SMILES string of the molecule is Cc1ccc(C(=O)N2CCC3(CCCN3Cc3cccnc3)CC2)cc1. The number of hydrogen-bond acceptors (Lipinski definition) is 3. The number of piperidine rings is 1. The second-order valence-corrected chi connectivity index (χ2v) is 7.77. The van der Waals surface area contributed by atoms with E-state index in [9.17, 15) is 4.79 Å². The first-order chi connectivity index (χ1) is 12.7. The molecule has 2 fully saturated rings. The van der Waals surface area contributed by atoms with Crippen molar-refractivity contribution in [2.45, 2.75) is 44.7 Å². The van der Waals surface area contributed by atoms with E-state index in [1.807, 2.05) is 47.6 Å². The molecule has 3 heterocycles. The number of likely N-dealkylation sites (tertiary alicyclic amines) is 2. The molecule has 0 atom stereocenters. The van der Waals surface area contributed by atoms with Gasteiger partial charge in [-0.15, -0.1) is 0 Å². The molecule has 1 aromatic heterocycles. The molecule has 4 rings (SSSR count). The van der Waals surface area contributed by atoms with Gasteiger partial charge >= 0.3 is 0 Å². The van der Waals surface area contributed by atoms with Gasteiger partial charge in [-0.3, -0.25) is 14.7 Å². The molecule has 136 valence electrons. The Morgan fingerprint density at radius 2 is 1.85 bits per heavy atom. The summed E-state index contributed by atoms with van der Waals surface area (Å²) in [4.78, 5) is 21.7. The van der Waals surface area contributed by atoms with Gasteiger partial charge in [0.15, 0.2) is 0 Å². The molecule has 2 saturated heterocycles. The predicted octanol–water partition coefficient (Wildman–Crippen LogP) is 3.66. The summed E-state index contributed by atoms with van der Waals surface area (Å²) in [6.07, 6.45) is 8.46. The summed E-state index contributed by atoms with van der Waals surface area (Å²) in [6, 6.07) is 12.1. The van der Waals surface area contributed by atoms with Crippen LogP contribution >= 0.6 is 0 Å². The second-order valence-electron chi connectivity index (χ2n) is 7.77. The molecule has 2 aliphatic heterocycles. The monoisotopic (exact) mass is 349 g/mol. The van der Waals surface area contributed by atoms with E-state index < -0.39 is 0 Å². The maximum absolute atomic E-state index is 12.8. The Labute approximate surface area is 155 Å². The number of benzene rings is 1. The molecule has 1 amide bonds. The number of carbonyl (C=O) groups is 1. The van der Waals surface area contributed by atoms with Crippen molar-refractivity contribution in [3.8, 4) is 0 Å². The van der Waals surface area contributed by atoms with Crippen molar-refractivity contribution in [1.82, 2.24) is 14.8 Å². The largest absolute Gasteiger partial charge is 0.339 e. The minimum atomic E-state index is 0.177. The minimum absolute atomic E-state index is 0.177. The fourth-order valence-corrected chi connectivity index (χ4v) is 4.52. The van der Waals surface area contributed by atoms with Crippen molar-refractivity contribution in [1.29, 1.82) is 0 Å². The number of aryl methyl sites for hydroxylation is 1. The molecule has 0 N–H and O–H groups in total. The third-order valence-electron chi connectivity index (χ3n) is 6.12. The van der Waals surface area contributed by atoms with Crippen molar-refractivity contribution in [2.75, 3.05) is 19.6 Å². The Hall–Kier alpha value is -2.20. The first-order valence-corrected chi connectivity index (χ1v) is 9.66. The van der Waals surface area contributed by atoms with Gasteiger partial charge in [-0.2, -0.15) is 0 Å². The number of rotatable bonds is 3. The van der Waals surface area contributed by atoms with Crippen LogP contribution in [-0.4, -0.2) is 45.9 Å². The van der Waals surface area contributed by atoms with Crippen LogP contribution in [0, 0.1) is 6.92 Å². The summed E-state index contributed by atoms with van der Waals surface area (Å²) in [5, 5.41) is 0. The Kier molecular flexibility index (Phi) is 4.77. The van der Waals surface area contributed by atoms with Crippen LogP contribution in [0.25, 0.3) is 0 Å². The Balaban J connectivity index is 1.41. The molecule has 2 aliphatic rings. The average molecular weight is 349 g/mol. The molecule has 0 bridgehead atoms. The maximum atomic E-state index is 12.8. The molecule has 4 nitrogen and oxygen atoms in total. The van der Waals surface area contributed by atoms with E-state index in [0.29, 0.717) is 0 Å². The van der Waals surface area contributed by atoms with E-state index in [2.05, 4.69) is 22.9 Å². The molecule has 1 aromatic carbocycles. The van der Waals surface area contributed by atoms with E-state index in [1.165, 1.54) is 24.0 Å². The van der Waals surface area contributed by atoms with Crippen LogP contribution < -0.4 is 0 Å². The van der Waals surface area contributed by atoms with Gasteiger partial charge in [0.1, 0.15) is 0 Å². The van der Waals surface area contributed by atoms with E-state index in [1.54, 1.807) is 0 Å². The summed E-state index contributed by atoms with van der Waals surface area (Å²) >= 11 is 0. The summed E-state index contributed by atoms with van der Waals surface area (Å²) in [5.41, 5.74) is 3.55. The van der Waals surface area contributed by atoms with Gasteiger partial charge in [0.05, 0.1) is 0 Å². The highest BCUT2D eigenvalue weighted by Crippen LogP contribution is 2.39. The van der Waals surface area contributed by atoms with E-state index >= 15 is 0 Å². The van der Waals surface area contributed by atoms with Crippen LogP contribution in [0.3, 0.4) is 0 Å². The predicted molar refractivity (Wildman–Crippen MR) is 103 cm³/mol. The maximum Gasteiger partial charge on any atom is 0.253 e. The first-order valence-electron chi connectivity index (χ1n) is 9.66. The number of aromatic nitrogens is 1. The number of carbonyl (C=O) groups excluding carboxylic acids is 1. The fourth-order valence-electron chi connectivity index (χ4n) is 4.52. The molecule has 0 saturated carbocycles. The van der Waals surface area contributed by atoms with Crippen LogP contribution in [0.5, 0.6) is 0 Å². The van der Waals surface area contributed by atoms with E-state index in [-0.39, 0.29) is 11.4 Å². The van der Waals surface area contributed by atoms with Gasteiger partial charge < -0.3 is 4.90 Å². The van der Waals surface area contributed by atoms with Gasteiger partial charge in [-0.1, -0.05) is 23.8 Å². The van der Waals surface area contributed by atoms with Gasteiger partial charge in [-0.25, -0.2) is 0 Å². The summed E-state index contributed by atoms with van der Waals surface area (Å²) in [6.45, 7) is 5.89. The number of hydrogen-bond donors (Lipinski definition) is 0. The molecular formula is C22H27N3O. The highest BCUT2D eigenvalue weighted by Gasteiger charge is 2.43. The topological polar surface area (TPSA) is 36.4 Å². The van der Waals surface area contributed by atoms with Gasteiger partial charge in [0.2, 0.25) is 0 Å². The van der Waals surface area contributed by atoms with Crippen LogP contribution in [0.2, 0.25) is 0 Å². The van der Waals surface area contributed by atoms with Crippen molar-refractivity contribution in [3.05, 3.63) is 65.5 Å². The fraction of sp³-hybridized carbons (Fsp3) is 0.455. The summed E-state index contributed by atoms with van der Waals surface area (Å²) in [7, 11) is 0. The zero-order chi connectivity index (χ0) is 18.0. The van der Waals surface area contributed by atoms with Gasteiger partial charge in [0.25, 0.3) is 5.91 Å². The molecule has 1 spiro atoms. The Morgan fingerprint density at radius 1 is 1.08 bits per heavy atom. The number of amides is 1. The molecule has 0 aliphatic carbocycles. The summed E-state index contributed by atoms with van der Waals surface area (Å²) < 4.78 is 0. The Bertz CT molecular complexity index is 749. The van der Waals surface area contributed by atoms with Crippen LogP contribution in [-0.2, 0) is 6.54 Å². The highest BCUT2D eigenvalue weighted by atomic mass is 16.2. The third kappa shape index (κ3) is 3.38. The number of pyridine rings is 1. The second kappa shape index (κ2) is 7.20. The van der Waals surface area contributed by atoms with E-state index in [4.69, 9.17) is 0 Å². The van der Waals surface area contributed by atoms with Crippen molar-refractivity contribution < 1.29 is 4.79 Å². The van der Waals surface area contributed by atoms with Crippen LogP contribution in [0.15, 0.2) is 48.8 Å². The lowest BCUT2D eigenvalue weighted by atomic mass is 9.84. The lowest BCUT2D eigenvalue weighted by Gasteiger charge is -2.45. The van der Waals surface area contributed by atoms with Gasteiger partial charge in [-0.05, 0) is 62.9 Å². The van der Waals surface area contributed by atoms with Gasteiger partial charge in [0, 0.05) is 43.1 Å². The van der Waals surface area contributed by atoms with Crippen molar-refractivity contribution in [2.24, 2.45) is 0 Å². The first kappa shape index (κ1) is 17.2. The zero-order valence-electron chi connectivity index (χ0n) is 15.5.